The van der Waals surface area contributed by atoms with Gasteiger partial charge >= 0.3 is 0 Å². The number of nitrogens with zero attached hydrogens (tertiary/aromatic N) is 1. The number of amides is 1. The van der Waals surface area contributed by atoms with Crippen LogP contribution in [0.1, 0.15) is 40.0 Å². The van der Waals surface area contributed by atoms with Crippen molar-refractivity contribution in [3.05, 3.63) is 0 Å². The molecule has 0 aromatic rings. The fourth-order valence-electron chi connectivity index (χ4n) is 2.47. The van der Waals surface area contributed by atoms with E-state index in [1.807, 2.05) is 11.8 Å². The van der Waals surface area contributed by atoms with E-state index in [9.17, 15) is 4.79 Å². The number of hydrogen-bond acceptors (Lipinski definition) is 3. The van der Waals surface area contributed by atoms with Gasteiger partial charge in [-0.2, -0.15) is 0 Å². The van der Waals surface area contributed by atoms with Crippen molar-refractivity contribution < 1.29 is 9.53 Å². The zero-order valence-electron chi connectivity index (χ0n) is 12.1. The van der Waals surface area contributed by atoms with Crippen LogP contribution in [0.5, 0.6) is 0 Å². The van der Waals surface area contributed by atoms with Crippen molar-refractivity contribution in [1.82, 2.24) is 10.2 Å². The molecule has 18 heavy (non-hydrogen) atoms. The molecule has 106 valence electrons. The van der Waals surface area contributed by atoms with E-state index in [0.29, 0.717) is 31.6 Å². The first-order chi connectivity index (χ1) is 8.69. The topological polar surface area (TPSA) is 41.6 Å². The van der Waals surface area contributed by atoms with E-state index in [4.69, 9.17) is 4.74 Å². The lowest BCUT2D eigenvalue weighted by molar-refractivity contribution is -0.134. The summed E-state index contributed by atoms with van der Waals surface area (Å²) in [6.45, 7) is 10.5. The molecule has 4 heteroatoms. The minimum absolute atomic E-state index is 0.240. The first-order valence-corrected chi connectivity index (χ1v) is 7.27. The molecular formula is C14H28N2O2. The summed E-state index contributed by atoms with van der Waals surface area (Å²) in [6, 6.07) is 0.570. The third-order valence-electron chi connectivity index (χ3n) is 3.58. The summed E-state index contributed by atoms with van der Waals surface area (Å²) >= 11 is 0. The lowest BCUT2D eigenvalue weighted by Gasteiger charge is -2.37. The Morgan fingerprint density at radius 2 is 2.22 bits per heavy atom. The molecule has 0 aromatic carbocycles. The summed E-state index contributed by atoms with van der Waals surface area (Å²) in [4.78, 5) is 14.0. The Bertz CT molecular complexity index is 246. The highest BCUT2D eigenvalue weighted by molar-refractivity contribution is 5.76. The van der Waals surface area contributed by atoms with Gasteiger partial charge in [-0.1, -0.05) is 13.8 Å². The number of rotatable bonds is 7. The van der Waals surface area contributed by atoms with Gasteiger partial charge in [0.15, 0.2) is 0 Å². The standard InChI is InChI=1S/C14H28N2O2/c1-4-8-15-13-6-9-16(11-12(13)3)14(17)7-10-18-5-2/h12-13,15H,4-11H2,1-3H3. The molecule has 2 unspecified atom stereocenters. The normalized spacial score (nSPS) is 24.3. The van der Waals surface area contributed by atoms with E-state index in [2.05, 4.69) is 19.2 Å². The van der Waals surface area contributed by atoms with Gasteiger partial charge in [0.2, 0.25) is 5.91 Å². The van der Waals surface area contributed by atoms with E-state index in [1.54, 1.807) is 0 Å². The summed E-state index contributed by atoms with van der Waals surface area (Å²) in [7, 11) is 0. The Morgan fingerprint density at radius 3 is 2.83 bits per heavy atom. The third-order valence-corrected chi connectivity index (χ3v) is 3.58. The molecule has 1 rings (SSSR count). The molecule has 0 radical (unpaired) electrons. The molecule has 1 amide bonds. The van der Waals surface area contributed by atoms with Crippen LogP contribution in [0.15, 0.2) is 0 Å². The predicted octanol–water partition coefficient (Wildman–Crippen LogP) is 1.65. The number of carbonyl (C=O) groups is 1. The maximum absolute atomic E-state index is 12.0. The SMILES string of the molecule is CCCNC1CCN(C(=O)CCOCC)CC1C. The van der Waals surface area contributed by atoms with Crippen LogP contribution in [0.4, 0.5) is 0 Å². The Balaban J connectivity index is 2.28. The van der Waals surface area contributed by atoms with Crippen LogP contribution >= 0.6 is 0 Å². The number of ether oxygens (including phenoxy) is 1. The average Bonchev–Trinajstić information content (AvgIpc) is 2.37. The maximum Gasteiger partial charge on any atom is 0.224 e. The van der Waals surface area contributed by atoms with Crippen molar-refractivity contribution >= 4 is 5.91 Å². The van der Waals surface area contributed by atoms with Gasteiger partial charge in [-0.3, -0.25) is 4.79 Å². The maximum atomic E-state index is 12.0. The number of likely N-dealkylation sites (tertiary alicyclic amines) is 1. The monoisotopic (exact) mass is 256 g/mol. The van der Waals surface area contributed by atoms with E-state index < -0.39 is 0 Å². The fourth-order valence-corrected chi connectivity index (χ4v) is 2.47. The van der Waals surface area contributed by atoms with E-state index in [-0.39, 0.29) is 5.91 Å². The van der Waals surface area contributed by atoms with Crippen molar-refractivity contribution in [2.24, 2.45) is 5.92 Å². The second kappa shape index (κ2) is 8.48. The highest BCUT2D eigenvalue weighted by Gasteiger charge is 2.27. The van der Waals surface area contributed by atoms with Crippen molar-refractivity contribution in [3.8, 4) is 0 Å². The first-order valence-electron chi connectivity index (χ1n) is 7.27. The van der Waals surface area contributed by atoms with E-state index in [1.165, 1.54) is 6.42 Å². The molecule has 0 bridgehead atoms. The molecule has 4 nitrogen and oxygen atoms in total. The molecule has 1 N–H and O–H groups in total. The molecule has 1 fully saturated rings. The van der Waals surface area contributed by atoms with Gasteiger partial charge in [0.25, 0.3) is 0 Å². The van der Waals surface area contributed by atoms with Crippen LogP contribution in [0.3, 0.4) is 0 Å². The summed E-state index contributed by atoms with van der Waals surface area (Å²) < 4.78 is 5.24. The summed E-state index contributed by atoms with van der Waals surface area (Å²) in [5, 5.41) is 3.57. The largest absolute Gasteiger partial charge is 0.381 e. The highest BCUT2D eigenvalue weighted by atomic mass is 16.5. The van der Waals surface area contributed by atoms with Gasteiger partial charge in [-0.05, 0) is 32.2 Å². The lowest BCUT2D eigenvalue weighted by Crippen LogP contribution is -2.50. The van der Waals surface area contributed by atoms with E-state index in [0.717, 1.165) is 26.1 Å². The van der Waals surface area contributed by atoms with Gasteiger partial charge < -0.3 is 15.0 Å². The smallest absolute Gasteiger partial charge is 0.224 e. The summed E-state index contributed by atoms with van der Waals surface area (Å²) in [5.41, 5.74) is 0. The van der Waals surface area contributed by atoms with Gasteiger partial charge in [0, 0.05) is 25.7 Å². The second-order valence-corrected chi connectivity index (χ2v) is 5.11. The fraction of sp³-hybridized carbons (Fsp3) is 0.929. The quantitative estimate of drug-likeness (QED) is 0.704. The van der Waals surface area contributed by atoms with Crippen molar-refractivity contribution in [3.63, 3.8) is 0 Å². The molecule has 1 aliphatic rings. The number of hydrogen-bond donors (Lipinski definition) is 1. The van der Waals surface area contributed by atoms with Crippen LogP contribution in [0.2, 0.25) is 0 Å². The molecule has 0 spiro atoms. The second-order valence-electron chi connectivity index (χ2n) is 5.11. The van der Waals surface area contributed by atoms with Crippen LogP contribution < -0.4 is 5.32 Å². The zero-order chi connectivity index (χ0) is 13.4. The number of carbonyl (C=O) groups excluding carboxylic acids is 1. The predicted molar refractivity (Wildman–Crippen MR) is 73.6 cm³/mol. The summed E-state index contributed by atoms with van der Waals surface area (Å²) in [6.07, 6.45) is 2.76. The van der Waals surface area contributed by atoms with Gasteiger partial charge in [-0.25, -0.2) is 0 Å². The van der Waals surface area contributed by atoms with Crippen LogP contribution in [-0.2, 0) is 9.53 Å². The van der Waals surface area contributed by atoms with Gasteiger partial charge in [0.1, 0.15) is 0 Å². The first kappa shape index (κ1) is 15.4. The Hall–Kier alpha value is -0.610. The molecule has 1 aliphatic heterocycles. The van der Waals surface area contributed by atoms with E-state index >= 15 is 0 Å². The average molecular weight is 256 g/mol. The van der Waals surface area contributed by atoms with Gasteiger partial charge in [0.05, 0.1) is 13.0 Å². The molecular weight excluding hydrogens is 228 g/mol. The van der Waals surface area contributed by atoms with Crippen LogP contribution in [-0.4, -0.2) is 49.7 Å². The van der Waals surface area contributed by atoms with Crippen molar-refractivity contribution in [1.29, 1.82) is 0 Å². The molecule has 0 aliphatic carbocycles. The Morgan fingerprint density at radius 1 is 1.44 bits per heavy atom. The Labute approximate surface area is 111 Å². The molecule has 1 heterocycles. The molecule has 0 saturated carbocycles. The highest BCUT2D eigenvalue weighted by Crippen LogP contribution is 2.17. The number of piperidine rings is 1. The third kappa shape index (κ3) is 4.94. The van der Waals surface area contributed by atoms with Gasteiger partial charge in [-0.15, -0.1) is 0 Å². The minimum Gasteiger partial charge on any atom is -0.381 e. The Kier molecular flexibility index (Phi) is 7.28. The minimum atomic E-state index is 0.240. The molecule has 1 saturated heterocycles. The lowest BCUT2D eigenvalue weighted by atomic mass is 9.93. The zero-order valence-corrected chi connectivity index (χ0v) is 12.1. The number of nitrogens with one attached hydrogen (secondary N) is 1. The van der Waals surface area contributed by atoms with Crippen molar-refractivity contribution in [2.45, 2.75) is 46.1 Å². The molecule has 0 aromatic heterocycles. The van der Waals surface area contributed by atoms with Crippen LogP contribution in [0.25, 0.3) is 0 Å². The molecule has 2 atom stereocenters. The van der Waals surface area contributed by atoms with Crippen LogP contribution in [0, 0.1) is 5.92 Å². The summed E-state index contributed by atoms with van der Waals surface area (Å²) in [5.74, 6) is 0.783. The van der Waals surface area contributed by atoms with Crippen molar-refractivity contribution in [2.75, 3.05) is 32.8 Å².